The molecule has 2 aromatic carbocycles. The van der Waals surface area contributed by atoms with Gasteiger partial charge in [-0.15, -0.1) is 16.4 Å². The van der Waals surface area contributed by atoms with Gasteiger partial charge < -0.3 is 10.1 Å². The lowest BCUT2D eigenvalue weighted by molar-refractivity contribution is 0.0824. The number of hydrogen-bond acceptors (Lipinski definition) is 6. The van der Waals surface area contributed by atoms with Gasteiger partial charge in [-0.05, 0) is 29.1 Å². The van der Waals surface area contributed by atoms with E-state index in [1.165, 1.54) is 16.0 Å². The molecule has 4 rings (SSSR count). The summed E-state index contributed by atoms with van der Waals surface area (Å²) in [5.41, 5.74) is 1.09. The summed E-state index contributed by atoms with van der Waals surface area (Å²) in [5, 5.41) is 9.56. The molecule has 6 nitrogen and oxygen atoms in total. The number of thiophene rings is 1. The van der Waals surface area contributed by atoms with Crippen LogP contribution >= 0.6 is 11.3 Å². The topological polar surface area (TPSA) is 69.0 Å². The highest BCUT2D eigenvalue weighted by Gasteiger charge is 2.18. The fourth-order valence-electron chi connectivity index (χ4n) is 2.61. The molecule has 0 spiro atoms. The van der Waals surface area contributed by atoms with Gasteiger partial charge in [0.2, 0.25) is 5.95 Å². The van der Waals surface area contributed by atoms with E-state index in [9.17, 15) is 4.79 Å². The number of hydrogen-bond donors (Lipinski definition) is 1. The Labute approximate surface area is 166 Å². The summed E-state index contributed by atoms with van der Waals surface area (Å²) in [6, 6.07) is 23.0. The van der Waals surface area contributed by atoms with Crippen molar-refractivity contribution < 1.29 is 9.53 Å². The molecule has 7 heteroatoms. The van der Waals surface area contributed by atoms with E-state index >= 15 is 0 Å². The monoisotopic (exact) mass is 390 g/mol. The molecule has 0 unspecified atom stereocenters. The van der Waals surface area contributed by atoms with Crippen LogP contribution in [0.4, 0.5) is 5.95 Å². The maximum absolute atomic E-state index is 12.7. The molecule has 28 heavy (non-hydrogen) atoms. The van der Waals surface area contributed by atoms with Gasteiger partial charge in [-0.25, -0.2) is 0 Å². The number of carbonyl (C=O) groups excluding carboxylic acids is 1. The van der Waals surface area contributed by atoms with Gasteiger partial charge in [0.05, 0.1) is 4.88 Å². The van der Waals surface area contributed by atoms with Crippen molar-refractivity contribution in [3.05, 3.63) is 83.7 Å². The van der Waals surface area contributed by atoms with Crippen molar-refractivity contribution in [1.82, 2.24) is 14.8 Å². The van der Waals surface area contributed by atoms with E-state index in [1.807, 2.05) is 66.0 Å². The quantitative estimate of drug-likeness (QED) is 0.508. The van der Waals surface area contributed by atoms with Crippen LogP contribution in [0.5, 0.6) is 5.75 Å². The van der Waals surface area contributed by atoms with E-state index < -0.39 is 0 Å². The molecular formula is C21H18N4O2S. The molecule has 2 aromatic heterocycles. The van der Waals surface area contributed by atoms with Gasteiger partial charge in [-0.2, -0.15) is 9.67 Å². The van der Waals surface area contributed by atoms with Gasteiger partial charge >= 0.3 is 0 Å². The molecule has 0 aliphatic heterocycles. The van der Waals surface area contributed by atoms with Crippen molar-refractivity contribution in [3.8, 4) is 16.5 Å². The standard InChI is InChI=1S/C21H18N4O2S/c26-19(15-27-17-10-5-2-6-11-17)25-21(22-14-16-8-3-1-4-9-16)23-20(24-25)18-12-7-13-28-18/h1-13H,14-15H2,(H,22,23,24). The van der Waals surface area contributed by atoms with E-state index in [4.69, 9.17) is 4.74 Å². The number of ether oxygens (including phenoxy) is 1. The predicted octanol–water partition coefficient (Wildman–Crippen LogP) is 4.34. The lowest BCUT2D eigenvalue weighted by atomic mass is 10.2. The van der Waals surface area contributed by atoms with Crippen LogP contribution in [0.3, 0.4) is 0 Å². The Balaban J connectivity index is 1.54. The Morgan fingerprint density at radius 2 is 1.75 bits per heavy atom. The maximum atomic E-state index is 12.7. The van der Waals surface area contributed by atoms with Crippen molar-refractivity contribution in [2.75, 3.05) is 11.9 Å². The van der Waals surface area contributed by atoms with E-state index in [1.54, 1.807) is 12.1 Å². The highest BCUT2D eigenvalue weighted by Crippen LogP contribution is 2.23. The van der Waals surface area contributed by atoms with E-state index in [-0.39, 0.29) is 12.5 Å². The van der Waals surface area contributed by atoms with Crippen LogP contribution in [-0.4, -0.2) is 27.3 Å². The predicted molar refractivity (Wildman–Crippen MR) is 110 cm³/mol. The molecule has 0 atom stereocenters. The van der Waals surface area contributed by atoms with E-state index in [0.29, 0.717) is 24.1 Å². The zero-order valence-corrected chi connectivity index (χ0v) is 15.8. The Morgan fingerprint density at radius 1 is 1.00 bits per heavy atom. The Hall–Kier alpha value is -3.45. The first-order valence-electron chi connectivity index (χ1n) is 8.79. The van der Waals surface area contributed by atoms with E-state index in [0.717, 1.165) is 10.4 Å². The van der Waals surface area contributed by atoms with Gasteiger partial charge in [0.25, 0.3) is 5.91 Å². The molecule has 0 saturated heterocycles. The first-order valence-corrected chi connectivity index (χ1v) is 9.67. The fourth-order valence-corrected chi connectivity index (χ4v) is 3.26. The third kappa shape index (κ3) is 4.27. The minimum Gasteiger partial charge on any atom is -0.484 e. The second-order valence-corrected chi connectivity index (χ2v) is 6.93. The van der Waals surface area contributed by atoms with E-state index in [2.05, 4.69) is 15.4 Å². The molecular weight excluding hydrogens is 372 g/mol. The summed E-state index contributed by atoms with van der Waals surface area (Å²) in [6.45, 7) is 0.410. The molecule has 0 bridgehead atoms. The summed E-state index contributed by atoms with van der Waals surface area (Å²) in [4.78, 5) is 18.2. The Bertz CT molecular complexity index is 1030. The Morgan fingerprint density at radius 3 is 2.46 bits per heavy atom. The van der Waals surface area contributed by atoms with Gasteiger partial charge in [-0.1, -0.05) is 54.6 Å². The third-order valence-electron chi connectivity index (χ3n) is 3.98. The van der Waals surface area contributed by atoms with Crippen molar-refractivity contribution in [2.24, 2.45) is 0 Å². The smallest absolute Gasteiger partial charge is 0.287 e. The van der Waals surface area contributed by atoms with Crippen LogP contribution in [0.2, 0.25) is 0 Å². The maximum Gasteiger partial charge on any atom is 0.287 e. The van der Waals surface area contributed by atoms with Gasteiger partial charge in [0, 0.05) is 6.54 Å². The second-order valence-electron chi connectivity index (χ2n) is 5.98. The summed E-state index contributed by atoms with van der Waals surface area (Å²) >= 11 is 1.53. The van der Waals surface area contributed by atoms with Crippen molar-refractivity contribution in [3.63, 3.8) is 0 Å². The molecule has 0 aliphatic rings. The normalized spacial score (nSPS) is 10.6. The number of rotatable bonds is 7. The fraction of sp³-hybridized carbons (Fsp3) is 0.0952. The third-order valence-corrected chi connectivity index (χ3v) is 4.85. The van der Waals surface area contributed by atoms with Crippen LogP contribution in [0.15, 0.2) is 78.2 Å². The minimum absolute atomic E-state index is 0.128. The van der Waals surface area contributed by atoms with Crippen LogP contribution < -0.4 is 10.1 Å². The number of anilines is 1. The Kier molecular flexibility index (Phi) is 5.44. The average Bonchev–Trinajstić information content (AvgIpc) is 3.42. The molecule has 140 valence electrons. The highest BCUT2D eigenvalue weighted by molar-refractivity contribution is 7.13. The van der Waals surface area contributed by atoms with Crippen LogP contribution in [0.25, 0.3) is 10.7 Å². The number of para-hydroxylation sites is 1. The molecule has 0 aliphatic carbocycles. The van der Waals surface area contributed by atoms with Crippen LogP contribution in [0.1, 0.15) is 10.4 Å². The summed E-state index contributed by atoms with van der Waals surface area (Å²) in [5.74, 6) is 1.25. The lowest BCUT2D eigenvalue weighted by Gasteiger charge is -2.08. The molecule has 0 radical (unpaired) electrons. The average molecular weight is 390 g/mol. The zero-order valence-electron chi connectivity index (χ0n) is 15.0. The number of aromatic nitrogens is 3. The second kappa shape index (κ2) is 8.49. The SMILES string of the molecule is O=C(COc1ccccc1)n1nc(-c2cccs2)nc1NCc1ccccc1. The minimum atomic E-state index is -0.297. The molecule has 0 amide bonds. The highest BCUT2D eigenvalue weighted by atomic mass is 32.1. The summed E-state index contributed by atoms with van der Waals surface area (Å²) in [6.07, 6.45) is 0. The molecule has 4 aromatic rings. The summed E-state index contributed by atoms with van der Waals surface area (Å²) in [7, 11) is 0. The van der Waals surface area contributed by atoms with Crippen molar-refractivity contribution in [2.45, 2.75) is 6.54 Å². The lowest BCUT2D eigenvalue weighted by Crippen LogP contribution is -2.22. The molecule has 1 N–H and O–H groups in total. The van der Waals surface area contributed by atoms with Crippen LogP contribution in [0, 0.1) is 0 Å². The van der Waals surface area contributed by atoms with Gasteiger partial charge in [0.15, 0.2) is 12.4 Å². The zero-order chi connectivity index (χ0) is 19.2. The van der Waals surface area contributed by atoms with Crippen molar-refractivity contribution in [1.29, 1.82) is 0 Å². The molecule has 0 fully saturated rings. The number of benzene rings is 2. The first-order chi connectivity index (χ1) is 13.8. The summed E-state index contributed by atoms with van der Waals surface area (Å²) < 4.78 is 6.86. The number of nitrogens with one attached hydrogen (secondary N) is 1. The largest absolute Gasteiger partial charge is 0.484 e. The molecule has 2 heterocycles. The molecule has 0 saturated carbocycles. The van der Waals surface area contributed by atoms with Crippen molar-refractivity contribution >= 4 is 23.2 Å². The number of nitrogens with zero attached hydrogens (tertiary/aromatic N) is 3. The van der Waals surface area contributed by atoms with Gasteiger partial charge in [-0.3, -0.25) is 4.79 Å². The number of carbonyl (C=O) groups is 1. The van der Waals surface area contributed by atoms with Crippen LogP contribution in [-0.2, 0) is 6.54 Å². The first kappa shape index (κ1) is 17.9. The van der Waals surface area contributed by atoms with Gasteiger partial charge in [0.1, 0.15) is 5.75 Å².